The van der Waals surface area contributed by atoms with Crippen molar-refractivity contribution < 1.29 is 9.53 Å². The zero-order valence-corrected chi connectivity index (χ0v) is 12.0. The lowest BCUT2D eigenvalue weighted by Gasteiger charge is -2.25. The third-order valence-corrected chi connectivity index (χ3v) is 3.70. The van der Waals surface area contributed by atoms with E-state index in [9.17, 15) is 4.79 Å². The predicted molar refractivity (Wildman–Crippen MR) is 80.0 cm³/mol. The molecular weight excluding hydrogens is 254 g/mol. The number of nitrogens with two attached hydrogens (primary N) is 1. The molecule has 2 amide bonds. The topological polar surface area (TPSA) is 67.6 Å². The number of anilines is 1. The predicted octanol–water partition coefficient (Wildman–Crippen LogP) is 2.43. The molecule has 3 N–H and O–H groups in total. The molecule has 1 aliphatic rings. The van der Waals surface area contributed by atoms with E-state index in [2.05, 4.69) is 5.32 Å². The van der Waals surface area contributed by atoms with E-state index in [0.717, 1.165) is 43.7 Å². The molecule has 0 aliphatic carbocycles. The number of amides is 2. The minimum atomic E-state index is -0.0298. The molecule has 0 radical (unpaired) electrons. The minimum Gasteiger partial charge on any atom is -0.497 e. The number of hydrogen-bond donors (Lipinski definition) is 2. The Morgan fingerprint density at radius 3 is 3.15 bits per heavy atom. The van der Waals surface area contributed by atoms with Gasteiger partial charge in [-0.25, -0.2) is 4.79 Å². The highest BCUT2D eigenvalue weighted by Gasteiger charge is 2.28. The summed E-state index contributed by atoms with van der Waals surface area (Å²) in [6.45, 7) is 1.51. The first-order valence-electron chi connectivity index (χ1n) is 7.16. The van der Waals surface area contributed by atoms with Crippen molar-refractivity contribution in [3.63, 3.8) is 0 Å². The molecule has 5 nitrogen and oxygen atoms in total. The van der Waals surface area contributed by atoms with Crippen LogP contribution in [0.25, 0.3) is 0 Å². The SMILES string of the molecule is COc1cccc(NC(=O)N2CCCC2CCCN)c1. The minimum absolute atomic E-state index is 0.0298. The number of rotatable bonds is 5. The van der Waals surface area contributed by atoms with Crippen LogP contribution in [0.3, 0.4) is 0 Å². The summed E-state index contributed by atoms with van der Waals surface area (Å²) in [5, 5.41) is 2.94. The smallest absolute Gasteiger partial charge is 0.322 e. The van der Waals surface area contributed by atoms with Gasteiger partial charge in [0.15, 0.2) is 0 Å². The molecule has 1 atom stereocenters. The number of methoxy groups -OCH3 is 1. The Bertz CT molecular complexity index is 450. The molecule has 1 aliphatic heterocycles. The maximum Gasteiger partial charge on any atom is 0.322 e. The second-order valence-electron chi connectivity index (χ2n) is 5.08. The second kappa shape index (κ2) is 7.14. The Labute approximate surface area is 120 Å². The number of hydrogen-bond acceptors (Lipinski definition) is 3. The second-order valence-corrected chi connectivity index (χ2v) is 5.08. The number of carbonyl (C=O) groups is 1. The van der Waals surface area contributed by atoms with Gasteiger partial charge >= 0.3 is 6.03 Å². The lowest BCUT2D eigenvalue weighted by atomic mass is 10.1. The van der Waals surface area contributed by atoms with Crippen LogP contribution < -0.4 is 15.8 Å². The van der Waals surface area contributed by atoms with E-state index in [1.54, 1.807) is 7.11 Å². The molecule has 5 heteroatoms. The molecule has 0 aromatic heterocycles. The normalized spacial score (nSPS) is 18.1. The molecule has 1 unspecified atom stereocenters. The van der Waals surface area contributed by atoms with E-state index in [1.165, 1.54) is 0 Å². The summed E-state index contributed by atoms with van der Waals surface area (Å²) in [6, 6.07) is 7.70. The van der Waals surface area contributed by atoms with Crippen LogP contribution in [0.1, 0.15) is 25.7 Å². The number of ether oxygens (including phenoxy) is 1. The van der Waals surface area contributed by atoms with Gasteiger partial charge < -0.3 is 20.7 Å². The lowest BCUT2D eigenvalue weighted by molar-refractivity contribution is 0.203. The van der Waals surface area contributed by atoms with Gasteiger partial charge in [-0.3, -0.25) is 0 Å². The van der Waals surface area contributed by atoms with Crippen molar-refractivity contribution >= 4 is 11.7 Å². The monoisotopic (exact) mass is 277 g/mol. The molecule has 0 bridgehead atoms. The Morgan fingerprint density at radius 1 is 1.55 bits per heavy atom. The molecule has 0 saturated carbocycles. The highest BCUT2D eigenvalue weighted by Crippen LogP contribution is 2.23. The number of benzene rings is 1. The first-order valence-corrected chi connectivity index (χ1v) is 7.16. The average molecular weight is 277 g/mol. The Kier molecular flexibility index (Phi) is 5.24. The first-order chi connectivity index (χ1) is 9.74. The highest BCUT2D eigenvalue weighted by atomic mass is 16.5. The van der Waals surface area contributed by atoms with Gasteiger partial charge in [0.2, 0.25) is 0 Å². The van der Waals surface area contributed by atoms with Crippen LogP contribution in [-0.2, 0) is 0 Å². The fourth-order valence-corrected chi connectivity index (χ4v) is 2.65. The number of likely N-dealkylation sites (tertiary alicyclic amines) is 1. The Hall–Kier alpha value is -1.75. The van der Waals surface area contributed by atoms with Crippen molar-refractivity contribution in [1.29, 1.82) is 0 Å². The van der Waals surface area contributed by atoms with Crippen LogP contribution in [0.5, 0.6) is 5.75 Å². The van der Waals surface area contributed by atoms with Gasteiger partial charge in [-0.1, -0.05) is 6.07 Å². The average Bonchev–Trinajstić information content (AvgIpc) is 2.93. The fraction of sp³-hybridized carbons (Fsp3) is 0.533. The van der Waals surface area contributed by atoms with Gasteiger partial charge in [0.05, 0.1) is 7.11 Å². The quantitative estimate of drug-likeness (QED) is 0.868. The summed E-state index contributed by atoms with van der Waals surface area (Å²) in [7, 11) is 1.62. The first kappa shape index (κ1) is 14.7. The summed E-state index contributed by atoms with van der Waals surface area (Å²) in [4.78, 5) is 14.3. The van der Waals surface area contributed by atoms with Crippen molar-refractivity contribution in [2.24, 2.45) is 5.73 Å². The van der Waals surface area contributed by atoms with E-state index >= 15 is 0 Å². The van der Waals surface area contributed by atoms with Crippen LogP contribution in [0.2, 0.25) is 0 Å². The highest BCUT2D eigenvalue weighted by molar-refractivity contribution is 5.89. The molecule has 110 valence electrons. The third kappa shape index (κ3) is 3.63. The molecule has 2 rings (SSSR count). The van der Waals surface area contributed by atoms with Gasteiger partial charge in [0, 0.05) is 24.3 Å². The number of nitrogens with zero attached hydrogens (tertiary/aromatic N) is 1. The molecule has 1 heterocycles. The molecule has 1 aromatic rings. The largest absolute Gasteiger partial charge is 0.497 e. The maximum atomic E-state index is 12.3. The molecule has 1 aromatic carbocycles. The maximum absolute atomic E-state index is 12.3. The van der Waals surface area contributed by atoms with Crippen molar-refractivity contribution in [1.82, 2.24) is 4.90 Å². The van der Waals surface area contributed by atoms with Gasteiger partial charge in [-0.05, 0) is 44.4 Å². The van der Waals surface area contributed by atoms with Crippen molar-refractivity contribution in [2.75, 3.05) is 25.5 Å². The number of carbonyl (C=O) groups excluding carboxylic acids is 1. The molecule has 0 spiro atoms. The van der Waals surface area contributed by atoms with Crippen molar-refractivity contribution in [2.45, 2.75) is 31.7 Å². The van der Waals surface area contributed by atoms with E-state index in [0.29, 0.717) is 12.6 Å². The van der Waals surface area contributed by atoms with Gasteiger partial charge in [0.25, 0.3) is 0 Å². The molecule has 1 fully saturated rings. The Morgan fingerprint density at radius 2 is 2.40 bits per heavy atom. The van der Waals surface area contributed by atoms with E-state index < -0.39 is 0 Å². The molecular formula is C15H23N3O2. The van der Waals surface area contributed by atoms with Gasteiger partial charge in [0.1, 0.15) is 5.75 Å². The Balaban J connectivity index is 1.96. The summed E-state index contributed by atoms with van der Waals surface area (Å²) in [5.41, 5.74) is 6.31. The standard InChI is InChI=1S/C15H23N3O2/c1-20-14-8-2-5-12(11-14)17-15(19)18-10-4-7-13(18)6-3-9-16/h2,5,8,11,13H,3-4,6-7,9-10,16H2,1H3,(H,17,19). The summed E-state index contributed by atoms with van der Waals surface area (Å²) >= 11 is 0. The van der Waals surface area contributed by atoms with Crippen molar-refractivity contribution in [3.8, 4) is 5.75 Å². The van der Waals surface area contributed by atoms with Crippen LogP contribution in [0.15, 0.2) is 24.3 Å². The van der Waals surface area contributed by atoms with E-state index in [4.69, 9.17) is 10.5 Å². The zero-order chi connectivity index (χ0) is 14.4. The zero-order valence-electron chi connectivity index (χ0n) is 12.0. The fourth-order valence-electron chi connectivity index (χ4n) is 2.65. The van der Waals surface area contributed by atoms with Crippen LogP contribution in [-0.4, -0.2) is 37.2 Å². The summed E-state index contributed by atoms with van der Waals surface area (Å²) in [5.74, 6) is 0.740. The molecule has 20 heavy (non-hydrogen) atoms. The van der Waals surface area contributed by atoms with E-state index in [-0.39, 0.29) is 6.03 Å². The van der Waals surface area contributed by atoms with Crippen LogP contribution in [0.4, 0.5) is 10.5 Å². The van der Waals surface area contributed by atoms with Crippen LogP contribution in [0, 0.1) is 0 Å². The number of nitrogens with one attached hydrogen (secondary N) is 1. The third-order valence-electron chi connectivity index (χ3n) is 3.70. The van der Waals surface area contributed by atoms with Gasteiger partial charge in [-0.2, -0.15) is 0 Å². The van der Waals surface area contributed by atoms with Crippen molar-refractivity contribution in [3.05, 3.63) is 24.3 Å². The lowest BCUT2D eigenvalue weighted by Crippen LogP contribution is -2.38. The number of urea groups is 1. The summed E-state index contributed by atoms with van der Waals surface area (Å²) < 4.78 is 5.16. The van der Waals surface area contributed by atoms with Crippen LogP contribution >= 0.6 is 0 Å². The van der Waals surface area contributed by atoms with E-state index in [1.807, 2.05) is 29.2 Å². The van der Waals surface area contributed by atoms with Gasteiger partial charge in [-0.15, -0.1) is 0 Å². The molecule has 1 saturated heterocycles. The summed E-state index contributed by atoms with van der Waals surface area (Å²) in [6.07, 6.45) is 4.10.